The minimum absolute atomic E-state index is 0.374. The molecule has 0 aromatic carbocycles. The second kappa shape index (κ2) is 4.97. The smallest absolute Gasteiger partial charge is 0.257 e. The van der Waals surface area contributed by atoms with E-state index in [9.17, 15) is 0 Å². The Labute approximate surface area is 111 Å². The number of hydrogen-bond acceptors (Lipinski definition) is 9. The van der Waals surface area contributed by atoms with E-state index in [1.165, 1.54) is 35.4 Å². The molecule has 0 atom stereocenters. The molecular weight excluding hydrogens is 268 g/mol. The highest BCUT2D eigenvalue weighted by molar-refractivity contribution is 7.99. The highest BCUT2D eigenvalue weighted by atomic mass is 32.2. The molecule has 0 radical (unpaired) electrons. The average molecular weight is 276 g/mol. The molecule has 0 fully saturated rings. The van der Waals surface area contributed by atoms with Crippen LogP contribution in [-0.4, -0.2) is 51.9 Å². The predicted octanol–water partition coefficient (Wildman–Crippen LogP) is -0.237. The molecular formula is C8H8N10S. The first-order chi connectivity index (χ1) is 9.35. The van der Waals surface area contributed by atoms with Crippen molar-refractivity contribution < 1.29 is 0 Å². The zero-order chi connectivity index (χ0) is 13.1. The fourth-order valence-corrected chi connectivity index (χ4v) is 1.88. The number of nitrogens with zero attached hydrogens (tertiary/aromatic N) is 8. The minimum Gasteiger partial charge on any atom is -0.357 e. The van der Waals surface area contributed by atoms with Gasteiger partial charge in [0.2, 0.25) is 11.1 Å². The number of rotatable bonds is 4. The number of aromatic nitrogens is 9. The van der Waals surface area contributed by atoms with Crippen molar-refractivity contribution in [2.45, 2.75) is 10.3 Å². The molecule has 0 aliphatic rings. The summed E-state index contributed by atoms with van der Waals surface area (Å²) in [5.41, 5.74) is 0. The van der Waals surface area contributed by atoms with Crippen LogP contribution in [0.15, 0.2) is 29.3 Å². The standard InChI is InChI=1S/C8H8N10S/c1-9-5-14-6(18-4-10-2-13-18)16-8(15-5)19-7-11-3-12-17-7/h2-4H,1H3,(H,11,12,17)(H,9,14,15,16). The Morgan fingerprint density at radius 2 is 2.21 bits per heavy atom. The summed E-state index contributed by atoms with van der Waals surface area (Å²) in [4.78, 5) is 20.5. The molecule has 3 heterocycles. The van der Waals surface area contributed by atoms with Gasteiger partial charge < -0.3 is 5.32 Å². The van der Waals surface area contributed by atoms with Gasteiger partial charge in [-0.2, -0.15) is 29.8 Å². The third-order valence-corrected chi connectivity index (χ3v) is 2.79. The van der Waals surface area contributed by atoms with Gasteiger partial charge >= 0.3 is 0 Å². The van der Waals surface area contributed by atoms with Crippen LogP contribution in [0.4, 0.5) is 5.95 Å². The van der Waals surface area contributed by atoms with Crippen molar-refractivity contribution in [2.24, 2.45) is 0 Å². The van der Waals surface area contributed by atoms with E-state index < -0.39 is 0 Å². The molecule has 96 valence electrons. The van der Waals surface area contributed by atoms with Crippen LogP contribution in [0, 0.1) is 0 Å². The Hall–Kier alpha value is -2.56. The van der Waals surface area contributed by atoms with Crippen molar-refractivity contribution in [1.82, 2.24) is 44.9 Å². The van der Waals surface area contributed by atoms with Crippen molar-refractivity contribution in [1.29, 1.82) is 0 Å². The van der Waals surface area contributed by atoms with Crippen molar-refractivity contribution in [3.05, 3.63) is 19.0 Å². The lowest BCUT2D eigenvalue weighted by Crippen LogP contribution is -2.07. The topological polar surface area (TPSA) is 123 Å². The van der Waals surface area contributed by atoms with Crippen molar-refractivity contribution in [3.63, 3.8) is 0 Å². The number of H-pyrrole nitrogens is 1. The second-order valence-electron chi connectivity index (χ2n) is 3.22. The average Bonchev–Trinajstić information content (AvgIpc) is 3.11. The Bertz CT molecular complexity index is 648. The first kappa shape index (κ1) is 11.5. The molecule has 3 aromatic rings. The van der Waals surface area contributed by atoms with Crippen LogP contribution in [0.3, 0.4) is 0 Å². The van der Waals surface area contributed by atoms with Crippen LogP contribution >= 0.6 is 11.8 Å². The van der Waals surface area contributed by atoms with Gasteiger partial charge in [0.1, 0.15) is 19.0 Å². The monoisotopic (exact) mass is 276 g/mol. The van der Waals surface area contributed by atoms with Crippen LogP contribution in [-0.2, 0) is 0 Å². The summed E-state index contributed by atoms with van der Waals surface area (Å²) in [6.45, 7) is 0. The maximum Gasteiger partial charge on any atom is 0.257 e. The maximum atomic E-state index is 4.27. The lowest BCUT2D eigenvalue weighted by Gasteiger charge is -2.04. The highest BCUT2D eigenvalue weighted by Crippen LogP contribution is 2.21. The molecule has 0 aliphatic heterocycles. The summed E-state index contributed by atoms with van der Waals surface area (Å²) < 4.78 is 1.45. The van der Waals surface area contributed by atoms with Gasteiger partial charge in [-0.1, -0.05) is 0 Å². The van der Waals surface area contributed by atoms with E-state index in [0.717, 1.165) is 0 Å². The molecule has 0 unspecified atom stereocenters. The summed E-state index contributed by atoms with van der Waals surface area (Å²) >= 11 is 1.24. The second-order valence-corrected chi connectivity index (χ2v) is 4.18. The molecule has 0 spiro atoms. The summed E-state index contributed by atoms with van der Waals surface area (Å²) in [5.74, 6) is 0.807. The van der Waals surface area contributed by atoms with Gasteiger partial charge in [0.15, 0.2) is 5.16 Å². The van der Waals surface area contributed by atoms with E-state index in [1.54, 1.807) is 7.05 Å². The zero-order valence-corrected chi connectivity index (χ0v) is 10.5. The normalized spacial score (nSPS) is 10.6. The van der Waals surface area contributed by atoms with Crippen LogP contribution in [0.5, 0.6) is 0 Å². The Morgan fingerprint density at radius 3 is 2.89 bits per heavy atom. The lowest BCUT2D eigenvalue weighted by atomic mass is 10.8. The molecule has 10 nitrogen and oxygen atoms in total. The summed E-state index contributed by atoms with van der Waals surface area (Å²) in [5, 5.41) is 14.4. The van der Waals surface area contributed by atoms with Crippen molar-refractivity contribution in [2.75, 3.05) is 12.4 Å². The lowest BCUT2D eigenvalue weighted by molar-refractivity contribution is 0.759. The molecule has 0 bridgehead atoms. The molecule has 11 heteroatoms. The van der Waals surface area contributed by atoms with E-state index >= 15 is 0 Å². The SMILES string of the molecule is CNc1nc(Sc2ncn[nH]2)nc(-n2cncn2)n1. The van der Waals surface area contributed by atoms with Crippen LogP contribution in [0.25, 0.3) is 5.95 Å². The molecule has 2 N–H and O–H groups in total. The summed E-state index contributed by atoms with van der Waals surface area (Å²) in [7, 11) is 1.73. The van der Waals surface area contributed by atoms with Crippen molar-refractivity contribution in [3.8, 4) is 5.95 Å². The first-order valence-corrected chi connectivity index (χ1v) is 5.99. The number of nitrogens with one attached hydrogen (secondary N) is 2. The minimum atomic E-state index is 0.374. The number of anilines is 1. The fraction of sp³-hybridized carbons (Fsp3) is 0.125. The zero-order valence-electron chi connectivity index (χ0n) is 9.72. The van der Waals surface area contributed by atoms with Gasteiger partial charge in [0, 0.05) is 7.05 Å². The third kappa shape index (κ3) is 2.49. The van der Waals surface area contributed by atoms with E-state index in [0.29, 0.717) is 22.2 Å². The van der Waals surface area contributed by atoms with E-state index in [-0.39, 0.29) is 0 Å². The summed E-state index contributed by atoms with van der Waals surface area (Å²) in [6.07, 6.45) is 4.34. The van der Waals surface area contributed by atoms with Crippen LogP contribution < -0.4 is 5.32 Å². The van der Waals surface area contributed by atoms with Crippen LogP contribution in [0.1, 0.15) is 0 Å². The third-order valence-electron chi connectivity index (χ3n) is 2.03. The molecule has 0 saturated carbocycles. The van der Waals surface area contributed by atoms with E-state index in [2.05, 4.69) is 45.5 Å². The maximum absolute atomic E-state index is 4.27. The first-order valence-electron chi connectivity index (χ1n) is 5.17. The van der Waals surface area contributed by atoms with Gasteiger partial charge in [-0.05, 0) is 11.8 Å². The van der Waals surface area contributed by atoms with Gasteiger partial charge in [-0.3, -0.25) is 5.10 Å². The van der Waals surface area contributed by atoms with Crippen molar-refractivity contribution >= 4 is 17.7 Å². The van der Waals surface area contributed by atoms with E-state index in [1.807, 2.05) is 0 Å². The van der Waals surface area contributed by atoms with Gasteiger partial charge in [-0.25, -0.2) is 9.97 Å². The van der Waals surface area contributed by atoms with E-state index in [4.69, 9.17) is 0 Å². The highest BCUT2D eigenvalue weighted by Gasteiger charge is 2.10. The largest absolute Gasteiger partial charge is 0.357 e. The van der Waals surface area contributed by atoms with Gasteiger partial charge in [0.25, 0.3) is 5.95 Å². The predicted molar refractivity (Wildman–Crippen MR) is 64.8 cm³/mol. The van der Waals surface area contributed by atoms with Crippen LogP contribution in [0.2, 0.25) is 0 Å². The summed E-state index contributed by atoms with van der Waals surface area (Å²) in [6, 6.07) is 0. The Morgan fingerprint density at radius 1 is 1.26 bits per heavy atom. The number of aromatic amines is 1. The van der Waals surface area contributed by atoms with Gasteiger partial charge in [-0.15, -0.1) is 0 Å². The molecule has 0 aliphatic carbocycles. The van der Waals surface area contributed by atoms with Gasteiger partial charge in [0.05, 0.1) is 0 Å². The molecule has 3 aromatic heterocycles. The quantitative estimate of drug-likeness (QED) is 0.664. The Kier molecular flexibility index (Phi) is 3.02. The molecule has 0 amide bonds. The fourth-order valence-electron chi connectivity index (χ4n) is 1.25. The molecule has 3 rings (SSSR count). The molecule has 0 saturated heterocycles. The Balaban J connectivity index is 1.98. The molecule has 19 heavy (non-hydrogen) atoms. The number of hydrogen-bond donors (Lipinski definition) is 2.